The molecule has 0 bridgehead atoms. The van der Waals surface area contributed by atoms with E-state index in [-0.39, 0.29) is 0 Å². The van der Waals surface area contributed by atoms with E-state index < -0.39 is 0 Å². The first kappa shape index (κ1) is 38.4. The summed E-state index contributed by atoms with van der Waals surface area (Å²) in [6.45, 7) is 13.7. The number of ether oxygens (including phenoxy) is 3. The highest BCUT2D eigenvalue weighted by molar-refractivity contribution is 7.30. The van der Waals surface area contributed by atoms with Crippen molar-refractivity contribution in [2.75, 3.05) is 19.8 Å². The molecule has 0 saturated carbocycles. The first-order chi connectivity index (χ1) is 24.0. The summed E-state index contributed by atoms with van der Waals surface area (Å²) in [4.78, 5) is 5.34. The Kier molecular flexibility index (Phi) is 15.9. The van der Waals surface area contributed by atoms with Crippen molar-refractivity contribution in [3.63, 3.8) is 0 Å². The third kappa shape index (κ3) is 10.4. The number of rotatable bonds is 25. The number of fused-ring (bicyclic) bond motifs is 3. The van der Waals surface area contributed by atoms with Crippen molar-refractivity contribution in [3.05, 3.63) is 28.0 Å². The Hall–Kier alpha value is -1.80. The topological polar surface area (TPSA) is 27.7 Å². The summed E-state index contributed by atoms with van der Waals surface area (Å²) in [6.07, 6.45) is 22.9. The molecule has 0 aliphatic heterocycles. The summed E-state index contributed by atoms with van der Waals surface area (Å²) >= 11 is 7.47. The number of hydrogen-bond acceptors (Lipinski definition) is 7. The second-order valence-electron chi connectivity index (χ2n) is 13.8. The van der Waals surface area contributed by atoms with Crippen LogP contribution in [0.15, 0.2) is 18.2 Å². The van der Waals surface area contributed by atoms with Crippen LogP contribution in [0.1, 0.15) is 146 Å². The van der Waals surface area contributed by atoms with Crippen LogP contribution in [0.3, 0.4) is 0 Å². The molecule has 270 valence electrons. The van der Waals surface area contributed by atoms with Crippen LogP contribution in [-0.2, 0) is 0 Å². The van der Waals surface area contributed by atoms with E-state index >= 15 is 0 Å². The van der Waals surface area contributed by atoms with E-state index in [0.29, 0.717) is 0 Å². The second-order valence-corrected chi connectivity index (χ2v) is 18.3. The minimum atomic E-state index is 0.766. The van der Waals surface area contributed by atoms with Crippen LogP contribution in [-0.4, -0.2) is 19.8 Å². The van der Waals surface area contributed by atoms with Gasteiger partial charge in [-0.25, -0.2) is 0 Å². The molecule has 0 saturated heterocycles. The number of aryl methyl sites for hydroxylation is 2. The van der Waals surface area contributed by atoms with Crippen molar-refractivity contribution >= 4 is 75.6 Å². The second kappa shape index (κ2) is 20.3. The monoisotopic (exact) mass is 740 g/mol. The van der Waals surface area contributed by atoms with Gasteiger partial charge in [-0.2, -0.15) is 0 Å². The number of benzene rings is 1. The largest absolute Gasteiger partial charge is 0.491 e. The number of hydrogen-bond donors (Lipinski definition) is 0. The highest BCUT2D eigenvalue weighted by Gasteiger charge is 2.24. The lowest BCUT2D eigenvalue weighted by molar-refractivity contribution is 0.307. The molecule has 1 aromatic carbocycles. The zero-order valence-corrected chi connectivity index (χ0v) is 34.2. The van der Waals surface area contributed by atoms with Crippen molar-refractivity contribution in [1.29, 1.82) is 0 Å². The quantitative estimate of drug-likeness (QED) is 0.0558. The summed E-state index contributed by atoms with van der Waals surface area (Å²) in [5.41, 5.74) is 0. The molecular weight excluding hydrogens is 681 g/mol. The molecule has 5 rings (SSSR count). The molecule has 7 heteroatoms. The molecule has 4 aromatic heterocycles. The first-order valence-corrected chi connectivity index (χ1v) is 22.7. The number of thiophene rings is 4. The molecule has 0 spiro atoms. The van der Waals surface area contributed by atoms with Crippen LogP contribution in [0, 0.1) is 13.8 Å². The van der Waals surface area contributed by atoms with Gasteiger partial charge in [0, 0.05) is 36.9 Å². The molecule has 0 aliphatic carbocycles. The van der Waals surface area contributed by atoms with Crippen LogP contribution < -0.4 is 14.2 Å². The van der Waals surface area contributed by atoms with Gasteiger partial charge in [-0.3, -0.25) is 0 Å². The van der Waals surface area contributed by atoms with Gasteiger partial charge >= 0.3 is 0 Å². The SMILES string of the molecule is CCCCCCCCOc1cc2c(-c3cc4c(OCCCCCCCC)c5sc(C)cc5c(OCCCCCCCC)c4s3)sc(C)c2s1. The Labute approximate surface area is 312 Å². The Balaban J connectivity index is 1.42. The lowest BCUT2D eigenvalue weighted by atomic mass is 10.1. The van der Waals surface area contributed by atoms with E-state index in [9.17, 15) is 0 Å². The Morgan fingerprint density at radius 3 is 1.51 bits per heavy atom. The summed E-state index contributed by atoms with van der Waals surface area (Å²) in [5.74, 6) is 2.12. The summed E-state index contributed by atoms with van der Waals surface area (Å²) in [6, 6.07) is 7.03. The predicted octanol–water partition coefficient (Wildman–Crippen LogP) is 15.9. The average Bonchev–Trinajstić information content (AvgIpc) is 3.88. The molecule has 4 heterocycles. The number of unbranched alkanes of at least 4 members (excludes halogenated alkanes) is 15. The van der Waals surface area contributed by atoms with Gasteiger partial charge in [-0.15, -0.1) is 34.0 Å². The van der Waals surface area contributed by atoms with Crippen molar-refractivity contribution < 1.29 is 14.2 Å². The summed E-state index contributed by atoms with van der Waals surface area (Å²) < 4.78 is 23.7. The van der Waals surface area contributed by atoms with E-state index in [1.165, 1.54) is 146 Å². The van der Waals surface area contributed by atoms with Crippen molar-refractivity contribution in [3.8, 4) is 26.3 Å². The highest BCUT2D eigenvalue weighted by atomic mass is 32.1. The maximum atomic E-state index is 6.77. The fraction of sp³-hybridized carbons (Fsp3) is 0.619. The van der Waals surface area contributed by atoms with Crippen LogP contribution in [0.4, 0.5) is 0 Å². The predicted molar refractivity (Wildman–Crippen MR) is 222 cm³/mol. The molecule has 0 unspecified atom stereocenters. The van der Waals surface area contributed by atoms with Gasteiger partial charge in [-0.1, -0.05) is 128 Å². The molecule has 0 aliphatic rings. The van der Waals surface area contributed by atoms with E-state index in [1.54, 1.807) is 0 Å². The van der Waals surface area contributed by atoms with Crippen LogP contribution in [0.25, 0.3) is 40.0 Å². The van der Waals surface area contributed by atoms with E-state index in [2.05, 4.69) is 52.8 Å². The molecule has 3 nitrogen and oxygen atoms in total. The molecule has 0 radical (unpaired) electrons. The van der Waals surface area contributed by atoms with Crippen LogP contribution in [0.2, 0.25) is 0 Å². The van der Waals surface area contributed by atoms with Crippen molar-refractivity contribution in [2.45, 2.75) is 150 Å². The van der Waals surface area contributed by atoms with Crippen molar-refractivity contribution in [1.82, 2.24) is 0 Å². The minimum Gasteiger partial charge on any atom is -0.491 e. The Morgan fingerprint density at radius 1 is 0.449 bits per heavy atom. The fourth-order valence-electron chi connectivity index (χ4n) is 6.70. The Morgan fingerprint density at radius 2 is 0.939 bits per heavy atom. The zero-order valence-electron chi connectivity index (χ0n) is 30.9. The summed E-state index contributed by atoms with van der Waals surface area (Å²) in [5, 5.41) is 4.82. The highest BCUT2D eigenvalue weighted by Crippen LogP contribution is 2.54. The van der Waals surface area contributed by atoms with Gasteiger partial charge in [0.25, 0.3) is 0 Å². The normalized spacial score (nSPS) is 11.9. The lowest BCUT2D eigenvalue weighted by Gasteiger charge is -2.14. The van der Waals surface area contributed by atoms with E-state index in [4.69, 9.17) is 14.2 Å². The van der Waals surface area contributed by atoms with Gasteiger partial charge in [0.15, 0.2) is 5.06 Å². The van der Waals surface area contributed by atoms with Gasteiger partial charge in [0.2, 0.25) is 0 Å². The Bertz CT molecular complexity index is 1630. The molecule has 49 heavy (non-hydrogen) atoms. The third-order valence-corrected chi connectivity index (χ3v) is 14.3. The standard InChI is InChI=1S/C42H60O3S4/c1-6-9-12-15-18-21-24-43-36-29-34-39(49-36)31(5)47-40(34)35-28-33-38(45-26-23-20-17-14-11-8-3)41-32(27-30(4)46-41)37(42(33)48-35)44-25-22-19-16-13-10-7-2/h27-29H,6-26H2,1-5H3. The maximum absolute atomic E-state index is 6.77. The fourth-order valence-corrected chi connectivity index (χ4v) is 11.3. The zero-order chi connectivity index (χ0) is 34.4. The van der Waals surface area contributed by atoms with Gasteiger partial charge in [0.05, 0.1) is 38.8 Å². The van der Waals surface area contributed by atoms with E-state index in [0.717, 1.165) is 55.6 Å². The van der Waals surface area contributed by atoms with Crippen LogP contribution in [0.5, 0.6) is 16.6 Å². The van der Waals surface area contributed by atoms with Crippen molar-refractivity contribution in [2.24, 2.45) is 0 Å². The van der Waals surface area contributed by atoms with Gasteiger partial charge in [0.1, 0.15) is 11.5 Å². The van der Waals surface area contributed by atoms with Gasteiger partial charge < -0.3 is 14.2 Å². The minimum absolute atomic E-state index is 0.766. The smallest absolute Gasteiger partial charge is 0.175 e. The molecule has 0 atom stereocenters. The van der Waals surface area contributed by atoms with E-state index in [1.807, 2.05) is 45.3 Å². The summed E-state index contributed by atoms with van der Waals surface area (Å²) in [7, 11) is 0. The maximum Gasteiger partial charge on any atom is 0.175 e. The molecule has 5 aromatic rings. The lowest BCUT2D eigenvalue weighted by Crippen LogP contribution is -2.00. The first-order valence-electron chi connectivity index (χ1n) is 19.5. The molecule has 0 amide bonds. The van der Waals surface area contributed by atoms with Crippen LogP contribution >= 0.6 is 45.3 Å². The average molecular weight is 741 g/mol. The molecule has 0 fully saturated rings. The molecule has 0 N–H and O–H groups in total. The van der Waals surface area contributed by atoms with Gasteiger partial charge in [-0.05, 0) is 45.2 Å². The molecular formula is C42H60O3S4. The third-order valence-electron chi connectivity index (χ3n) is 9.47.